The first-order valence-corrected chi connectivity index (χ1v) is 7.57. The van der Waals surface area contributed by atoms with Gasteiger partial charge in [0.05, 0.1) is 0 Å². The van der Waals surface area contributed by atoms with Crippen LogP contribution in [0, 0.1) is 0 Å². The first kappa shape index (κ1) is 13.5. The van der Waals surface area contributed by atoms with Gasteiger partial charge in [-0.1, -0.05) is 60.7 Å². The Morgan fingerprint density at radius 2 is 1.48 bits per heavy atom. The Balaban J connectivity index is 1.76. The van der Waals surface area contributed by atoms with E-state index in [4.69, 9.17) is 0 Å². The highest BCUT2D eigenvalue weighted by atomic mass is 32.1. The molecule has 1 nitrogen and oxygen atoms in total. The molecule has 0 fully saturated rings. The number of allylic oxidation sites excluding steroid dienone is 1. The van der Waals surface area contributed by atoms with Crippen LogP contribution in [0.25, 0.3) is 16.5 Å². The quantitative estimate of drug-likeness (QED) is 0.470. The molecule has 0 unspecified atom stereocenters. The van der Waals surface area contributed by atoms with Crippen LogP contribution in [-0.4, -0.2) is 5.78 Å². The number of carbonyl (C=O) groups is 1. The van der Waals surface area contributed by atoms with Crippen molar-refractivity contribution >= 4 is 23.2 Å². The lowest BCUT2D eigenvalue weighted by Crippen LogP contribution is -1.92. The molecule has 3 rings (SSSR count). The van der Waals surface area contributed by atoms with Gasteiger partial charge in [0.1, 0.15) is 0 Å². The lowest BCUT2D eigenvalue weighted by atomic mass is 10.1. The monoisotopic (exact) mass is 290 g/mol. The summed E-state index contributed by atoms with van der Waals surface area (Å²) in [5.41, 5.74) is 1.92. The van der Waals surface area contributed by atoms with Gasteiger partial charge in [-0.15, -0.1) is 11.3 Å². The van der Waals surface area contributed by atoms with Crippen LogP contribution in [0.2, 0.25) is 0 Å². The van der Waals surface area contributed by atoms with E-state index in [1.54, 1.807) is 17.4 Å². The van der Waals surface area contributed by atoms with E-state index in [2.05, 4.69) is 18.2 Å². The van der Waals surface area contributed by atoms with Crippen LogP contribution in [0.1, 0.15) is 15.2 Å². The Hall–Kier alpha value is -2.45. The molecule has 2 aromatic carbocycles. The number of hydrogen-bond acceptors (Lipinski definition) is 2. The summed E-state index contributed by atoms with van der Waals surface area (Å²) in [6.45, 7) is 0. The van der Waals surface area contributed by atoms with Gasteiger partial charge in [-0.2, -0.15) is 0 Å². The first-order chi connectivity index (χ1) is 10.3. The SMILES string of the molecule is O=C(C=Cc1ccc(-c2ccccc2)s1)c1ccccc1. The van der Waals surface area contributed by atoms with Crippen LogP contribution in [0.15, 0.2) is 78.9 Å². The number of benzene rings is 2. The minimum atomic E-state index is 0.0326. The molecule has 0 saturated heterocycles. The van der Waals surface area contributed by atoms with Gasteiger partial charge < -0.3 is 0 Å². The summed E-state index contributed by atoms with van der Waals surface area (Å²) in [4.78, 5) is 14.3. The summed E-state index contributed by atoms with van der Waals surface area (Å²) in [5.74, 6) is 0.0326. The zero-order valence-electron chi connectivity index (χ0n) is 11.4. The molecule has 0 N–H and O–H groups in total. The smallest absolute Gasteiger partial charge is 0.185 e. The second kappa shape index (κ2) is 6.33. The van der Waals surface area contributed by atoms with E-state index in [0.717, 1.165) is 4.88 Å². The molecule has 0 atom stereocenters. The summed E-state index contributed by atoms with van der Waals surface area (Å²) in [6, 6.07) is 23.7. The summed E-state index contributed by atoms with van der Waals surface area (Å²) < 4.78 is 0. The van der Waals surface area contributed by atoms with Gasteiger partial charge in [0.15, 0.2) is 5.78 Å². The molecule has 0 aliphatic carbocycles. The molecule has 0 bridgehead atoms. The number of ketones is 1. The number of hydrogen-bond donors (Lipinski definition) is 0. The van der Waals surface area contributed by atoms with E-state index in [1.165, 1.54) is 10.4 Å². The van der Waals surface area contributed by atoms with Gasteiger partial charge in [-0.25, -0.2) is 0 Å². The summed E-state index contributed by atoms with van der Waals surface area (Å²) >= 11 is 1.68. The number of thiophene rings is 1. The van der Waals surface area contributed by atoms with Crippen molar-refractivity contribution in [3.05, 3.63) is 89.3 Å². The normalized spacial score (nSPS) is 10.9. The third-order valence-corrected chi connectivity index (χ3v) is 4.24. The molecule has 0 aliphatic heterocycles. The third kappa shape index (κ3) is 3.36. The van der Waals surface area contributed by atoms with E-state index in [-0.39, 0.29) is 5.78 Å². The second-order valence-corrected chi connectivity index (χ2v) is 5.75. The first-order valence-electron chi connectivity index (χ1n) is 6.76. The maximum atomic E-state index is 12.0. The van der Waals surface area contributed by atoms with Crippen molar-refractivity contribution in [3.8, 4) is 10.4 Å². The zero-order chi connectivity index (χ0) is 14.5. The molecule has 2 heteroatoms. The van der Waals surface area contributed by atoms with Crippen molar-refractivity contribution in [2.75, 3.05) is 0 Å². The minimum Gasteiger partial charge on any atom is -0.289 e. The predicted octanol–water partition coefficient (Wildman–Crippen LogP) is 5.31. The van der Waals surface area contributed by atoms with Crippen LogP contribution in [0.5, 0.6) is 0 Å². The Morgan fingerprint density at radius 3 is 2.19 bits per heavy atom. The largest absolute Gasteiger partial charge is 0.289 e. The van der Waals surface area contributed by atoms with Crippen LogP contribution in [0.4, 0.5) is 0 Å². The van der Waals surface area contributed by atoms with Crippen LogP contribution in [-0.2, 0) is 0 Å². The summed E-state index contributed by atoms with van der Waals surface area (Å²) in [6.07, 6.45) is 3.52. The molecular formula is C19H14OS. The Bertz CT molecular complexity index is 755. The molecule has 102 valence electrons. The fourth-order valence-electron chi connectivity index (χ4n) is 2.06. The van der Waals surface area contributed by atoms with Gasteiger partial charge in [0.2, 0.25) is 0 Å². The van der Waals surface area contributed by atoms with E-state index in [0.29, 0.717) is 5.56 Å². The molecule has 0 aliphatic rings. The van der Waals surface area contributed by atoms with E-state index in [1.807, 2.05) is 60.7 Å². The second-order valence-electron chi connectivity index (χ2n) is 4.63. The lowest BCUT2D eigenvalue weighted by molar-refractivity contribution is 0.104. The van der Waals surface area contributed by atoms with Crippen LogP contribution in [0.3, 0.4) is 0 Å². The van der Waals surface area contributed by atoms with Crippen LogP contribution < -0.4 is 0 Å². The van der Waals surface area contributed by atoms with Gasteiger partial charge >= 0.3 is 0 Å². The molecule has 1 aromatic heterocycles. The topological polar surface area (TPSA) is 17.1 Å². The van der Waals surface area contributed by atoms with E-state index >= 15 is 0 Å². The molecule has 21 heavy (non-hydrogen) atoms. The predicted molar refractivity (Wildman–Crippen MR) is 89.6 cm³/mol. The van der Waals surface area contributed by atoms with Crippen LogP contribution >= 0.6 is 11.3 Å². The molecule has 0 radical (unpaired) electrons. The van der Waals surface area contributed by atoms with Gasteiger partial charge in [0, 0.05) is 15.3 Å². The maximum Gasteiger partial charge on any atom is 0.185 e. The highest BCUT2D eigenvalue weighted by Gasteiger charge is 2.02. The van der Waals surface area contributed by atoms with Gasteiger partial charge in [0.25, 0.3) is 0 Å². The molecule has 0 spiro atoms. The van der Waals surface area contributed by atoms with Gasteiger partial charge in [-0.3, -0.25) is 4.79 Å². The molecule has 0 amide bonds. The molecule has 0 saturated carbocycles. The molecular weight excluding hydrogens is 276 g/mol. The van der Waals surface area contributed by atoms with Crippen molar-refractivity contribution in [2.45, 2.75) is 0 Å². The van der Waals surface area contributed by atoms with E-state index in [9.17, 15) is 4.79 Å². The average molecular weight is 290 g/mol. The van der Waals surface area contributed by atoms with Gasteiger partial charge in [-0.05, 0) is 29.8 Å². The Labute approximate surface area is 128 Å². The fourth-order valence-corrected chi connectivity index (χ4v) is 2.97. The third-order valence-electron chi connectivity index (χ3n) is 3.14. The number of carbonyl (C=O) groups excluding carboxylic acids is 1. The average Bonchev–Trinajstić information content (AvgIpc) is 3.03. The van der Waals surface area contributed by atoms with Crippen molar-refractivity contribution in [3.63, 3.8) is 0 Å². The highest BCUT2D eigenvalue weighted by Crippen LogP contribution is 2.28. The highest BCUT2D eigenvalue weighted by molar-refractivity contribution is 7.16. The molecule has 1 heterocycles. The van der Waals surface area contributed by atoms with Crippen molar-refractivity contribution in [1.29, 1.82) is 0 Å². The van der Waals surface area contributed by atoms with E-state index < -0.39 is 0 Å². The maximum absolute atomic E-state index is 12.0. The Kier molecular flexibility index (Phi) is 4.08. The summed E-state index contributed by atoms with van der Waals surface area (Å²) in [7, 11) is 0. The van der Waals surface area contributed by atoms with Crippen molar-refractivity contribution in [1.82, 2.24) is 0 Å². The Morgan fingerprint density at radius 1 is 0.810 bits per heavy atom. The zero-order valence-corrected chi connectivity index (χ0v) is 12.2. The number of rotatable bonds is 4. The summed E-state index contributed by atoms with van der Waals surface area (Å²) in [5, 5.41) is 0. The van der Waals surface area contributed by atoms with Crippen molar-refractivity contribution < 1.29 is 4.79 Å². The minimum absolute atomic E-state index is 0.0326. The standard InChI is InChI=1S/C19H14OS/c20-18(15-7-3-1-4-8-15)13-11-17-12-14-19(21-17)16-9-5-2-6-10-16/h1-14H. The van der Waals surface area contributed by atoms with Crippen molar-refractivity contribution in [2.24, 2.45) is 0 Å². The molecule has 3 aromatic rings. The fraction of sp³-hybridized carbons (Fsp3) is 0. The lowest BCUT2D eigenvalue weighted by Gasteiger charge is -1.94.